The fourth-order valence-corrected chi connectivity index (χ4v) is 1.80. The van der Waals surface area contributed by atoms with E-state index in [4.69, 9.17) is 9.84 Å². The van der Waals surface area contributed by atoms with Crippen molar-refractivity contribution in [2.24, 2.45) is 5.92 Å². The number of nitrogens with one attached hydrogen (secondary N) is 1. The van der Waals surface area contributed by atoms with Crippen molar-refractivity contribution in [3.63, 3.8) is 0 Å². The molecule has 0 radical (unpaired) electrons. The van der Waals surface area contributed by atoms with Crippen LogP contribution in [0.4, 0.5) is 0 Å². The molecule has 1 unspecified atom stereocenters. The lowest BCUT2D eigenvalue weighted by Gasteiger charge is -2.17. The molecule has 0 bridgehead atoms. The quantitative estimate of drug-likeness (QED) is 0.550. The summed E-state index contributed by atoms with van der Waals surface area (Å²) in [5, 5.41) is 12.0. The third-order valence-electron chi connectivity index (χ3n) is 2.68. The molecule has 0 saturated heterocycles. The van der Waals surface area contributed by atoms with Gasteiger partial charge in [-0.2, -0.15) is 0 Å². The normalized spacial score (nSPS) is 18.4. The SMILES string of the molecule is CCCC(NCCOCCO)C1CC1. The second-order valence-corrected chi connectivity index (χ2v) is 4.02. The predicted molar refractivity (Wildman–Crippen MR) is 57.3 cm³/mol. The maximum absolute atomic E-state index is 8.51. The molecule has 0 aliphatic heterocycles. The standard InChI is InChI=1S/C11H23NO2/c1-2-3-11(10-4-5-10)12-6-8-14-9-7-13/h10-13H,2-9H2,1H3. The Bertz CT molecular complexity index is 137. The average Bonchev–Trinajstić information content (AvgIpc) is 2.99. The number of ether oxygens (including phenoxy) is 1. The summed E-state index contributed by atoms with van der Waals surface area (Å²) >= 11 is 0. The Hall–Kier alpha value is -0.120. The van der Waals surface area contributed by atoms with Gasteiger partial charge in [-0.15, -0.1) is 0 Å². The Labute approximate surface area is 86.8 Å². The number of hydrogen-bond acceptors (Lipinski definition) is 3. The van der Waals surface area contributed by atoms with E-state index < -0.39 is 0 Å². The van der Waals surface area contributed by atoms with E-state index >= 15 is 0 Å². The van der Waals surface area contributed by atoms with Gasteiger partial charge in [-0.1, -0.05) is 13.3 Å². The zero-order valence-corrected chi connectivity index (χ0v) is 9.17. The van der Waals surface area contributed by atoms with Crippen molar-refractivity contribution in [3.05, 3.63) is 0 Å². The molecule has 14 heavy (non-hydrogen) atoms. The molecule has 0 amide bonds. The summed E-state index contributed by atoms with van der Waals surface area (Å²) in [6, 6.07) is 0.706. The molecule has 0 aromatic heterocycles. The Morgan fingerprint density at radius 2 is 2.21 bits per heavy atom. The average molecular weight is 201 g/mol. The third-order valence-corrected chi connectivity index (χ3v) is 2.68. The molecule has 3 heteroatoms. The van der Waals surface area contributed by atoms with Crippen LogP contribution in [0.25, 0.3) is 0 Å². The molecule has 0 aromatic carbocycles. The summed E-state index contributed by atoms with van der Waals surface area (Å²) in [4.78, 5) is 0. The molecule has 1 rings (SSSR count). The van der Waals surface area contributed by atoms with Crippen LogP contribution in [-0.2, 0) is 4.74 Å². The molecule has 2 N–H and O–H groups in total. The summed E-state index contributed by atoms with van der Waals surface area (Å²) in [6.45, 7) is 4.46. The number of hydrogen-bond donors (Lipinski definition) is 2. The minimum Gasteiger partial charge on any atom is -0.394 e. The minimum atomic E-state index is 0.126. The van der Waals surface area contributed by atoms with Gasteiger partial charge >= 0.3 is 0 Å². The molecule has 84 valence electrons. The van der Waals surface area contributed by atoms with Gasteiger partial charge in [0.25, 0.3) is 0 Å². The van der Waals surface area contributed by atoms with E-state index in [-0.39, 0.29) is 6.61 Å². The van der Waals surface area contributed by atoms with Crippen LogP contribution in [0.2, 0.25) is 0 Å². The summed E-state index contributed by atoms with van der Waals surface area (Å²) in [7, 11) is 0. The van der Waals surface area contributed by atoms with Crippen molar-refractivity contribution in [2.45, 2.75) is 38.6 Å². The lowest BCUT2D eigenvalue weighted by molar-refractivity contribution is 0.0920. The van der Waals surface area contributed by atoms with E-state index in [1.54, 1.807) is 0 Å². The van der Waals surface area contributed by atoms with Crippen molar-refractivity contribution >= 4 is 0 Å². The fourth-order valence-electron chi connectivity index (χ4n) is 1.80. The number of aliphatic hydroxyl groups excluding tert-OH is 1. The zero-order valence-electron chi connectivity index (χ0n) is 9.17. The van der Waals surface area contributed by atoms with Crippen molar-refractivity contribution in [1.82, 2.24) is 5.32 Å². The molecule has 1 aliphatic carbocycles. The van der Waals surface area contributed by atoms with Gasteiger partial charge in [0.05, 0.1) is 19.8 Å². The highest BCUT2D eigenvalue weighted by molar-refractivity contribution is 4.85. The molecule has 1 aliphatic rings. The first kappa shape index (κ1) is 12.0. The summed E-state index contributed by atoms with van der Waals surface area (Å²) < 4.78 is 5.20. The first-order valence-electron chi connectivity index (χ1n) is 5.80. The van der Waals surface area contributed by atoms with E-state index in [2.05, 4.69) is 12.2 Å². The summed E-state index contributed by atoms with van der Waals surface area (Å²) in [5.74, 6) is 0.924. The Morgan fingerprint density at radius 3 is 2.79 bits per heavy atom. The van der Waals surface area contributed by atoms with E-state index in [0.717, 1.165) is 12.5 Å². The number of rotatable bonds is 9. The Balaban J connectivity index is 1.96. The maximum Gasteiger partial charge on any atom is 0.0698 e. The van der Waals surface area contributed by atoms with Gasteiger partial charge in [0.2, 0.25) is 0 Å². The van der Waals surface area contributed by atoms with E-state index in [1.807, 2.05) is 0 Å². The largest absolute Gasteiger partial charge is 0.394 e. The van der Waals surface area contributed by atoms with Gasteiger partial charge in [-0.3, -0.25) is 0 Å². The van der Waals surface area contributed by atoms with Crippen LogP contribution in [0.15, 0.2) is 0 Å². The Kier molecular flexibility index (Phi) is 6.15. The zero-order chi connectivity index (χ0) is 10.2. The molecule has 1 saturated carbocycles. The third kappa shape index (κ3) is 4.94. The second-order valence-electron chi connectivity index (χ2n) is 4.02. The smallest absolute Gasteiger partial charge is 0.0698 e. The van der Waals surface area contributed by atoms with Crippen LogP contribution in [0.5, 0.6) is 0 Å². The molecular formula is C11H23NO2. The highest BCUT2D eigenvalue weighted by Gasteiger charge is 2.29. The van der Waals surface area contributed by atoms with Gasteiger partial charge in [-0.05, 0) is 25.2 Å². The molecule has 1 atom stereocenters. The van der Waals surface area contributed by atoms with E-state index in [1.165, 1.54) is 25.7 Å². The topological polar surface area (TPSA) is 41.5 Å². The van der Waals surface area contributed by atoms with Crippen LogP contribution in [0.1, 0.15) is 32.6 Å². The Morgan fingerprint density at radius 1 is 1.43 bits per heavy atom. The van der Waals surface area contributed by atoms with Crippen LogP contribution in [-0.4, -0.2) is 37.5 Å². The van der Waals surface area contributed by atoms with Crippen molar-refractivity contribution < 1.29 is 9.84 Å². The summed E-state index contributed by atoms with van der Waals surface area (Å²) in [6.07, 6.45) is 5.33. The molecule has 0 heterocycles. The molecule has 0 aromatic rings. The first-order chi connectivity index (χ1) is 6.88. The molecule has 0 spiro atoms. The van der Waals surface area contributed by atoms with Crippen LogP contribution >= 0.6 is 0 Å². The predicted octanol–water partition coefficient (Wildman–Crippen LogP) is 1.16. The highest BCUT2D eigenvalue weighted by atomic mass is 16.5. The van der Waals surface area contributed by atoms with Gasteiger partial charge in [0, 0.05) is 12.6 Å². The van der Waals surface area contributed by atoms with Crippen molar-refractivity contribution in [3.8, 4) is 0 Å². The van der Waals surface area contributed by atoms with Gasteiger partial charge in [-0.25, -0.2) is 0 Å². The second kappa shape index (κ2) is 7.21. The molecular weight excluding hydrogens is 178 g/mol. The van der Waals surface area contributed by atoms with Crippen LogP contribution in [0.3, 0.4) is 0 Å². The summed E-state index contributed by atoms with van der Waals surface area (Å²) in [5.41, 5.74) is 0. The van der Waals surface area contributed by atoms with Crippen LogP contribution < -0.4 is 5.32 Å². The van der Waals surface area contributed by atoms with Crippen LogP contribution in [0, 0.1) is 5.92 Å². The first-order valence-corrected chi connectivity index (χ1v) is 5.80. The monoisotopic (exact) mass is 201 g/mol. The number of aliphatic hydroxyl groups is 1. The minimum absolute atomic E-state index is 0.126. The fraction of sp³-hybridized carbons (Fsp3) is 1.00. The van der Waals surface area contributed by atoms with Gasteiger partial charge in [0.1, 0.15) is 0 Å². The van der Waals surface area contributed by atoms with Crippen molar-refractivity contribution in [2.75, 3.05) is 26.4 Å². The van der Waals surface area contributed by atoms with Crippen molar-refractivity contribution in [1.29, 1.82) is 0 Å². The van der Waals surface area contributed by atoms with Gasteiger partial charge in [0.15, 0.2) is 0 Å². The van der Waals surface area contributed by atoms with E-state index in [9.17, 15) is 0 Å². The molecule has 3 nitrogen and oxygen atoms in total. The lowest BCUT2D eigenvalue weighted by atomic mass is 10.1. The van der Waals surface area contributed by atoms with Gasteiger partial charge < -0.3 is 15.2 Å². The molecule has 1 fully saturated rings. The highest BCUT2D eigenvalue weighted by Crippen LogP contribution is 2.34. The lowest BCUT2D eigenvalue weighted by Crippen LogP contribution is -2.33. The van der Waals surface area contributed by atoms with E-state index in [0.29, 0.717) is 19.3 Å². The maximum atomic E-state index is 8.51.